The maximum Gasteiger partial charge on any atom is 0.408 e. The average molecular weight is 1230 g/mol. The average Bonchev–Trinajstić information content (AvgIpc) is 1.16. The van der Waals surface area contributed by atoms with E-state index in [4.69, 9.17) is 9.84 Å². The second-order valence-corrected chi connectivity index (χ2v) is 22.6. The number of allylic oxidation sites excluding steroid dienone is 1. The number of ether oxygens (including phenoxy) is 1. The summed E-state index contributed by atoms with van der Waals surface area (Å²) in [5.74, 6) is -7.82. The lowest BCUT2D eigenvalue weighted by Crippen LogP contribution is -2.50. The van der Waals surface area contributed by atoms with Crippen LogP contribution < -0.4 is 21.3 Å². The van der Waals surface area contributed by atoms with Crippen LogP contribution >= 0.6 is 0 Å². The molecule has 0 unspecified atom stereocenters. The molecule has 1 aliphatic rings. The summed E-state index contributed by atoms with van der Waals surface area (Å²) in [6.45, 7) is 2.97. The molecule has 3 atom stereocenters. The predicted octanol–water partition coefficient (Wildman–Crippen LogP) is 6.64. The number of aliphatic hydroxyl groups excluding tert-OH is 1. The fraction of sp³-hybridized carbons (Fsp3) is 0.431. The summed E-state index contributed by atoms with van der Waals surface area (Å²) in [6, 6.07) is 24.6. The molecule has 478 valence electrons. The number of alkyl carbamates (subject to hydrolysis) is 1. The van der Waals surface area contributed by atoms with E-state index < -0.39 is 79.0 Å². The first-order valence-corrected chi connectivity index (χ1v) is 29.8. The molecule has 24 nitrogen and oxygen atoms in total. The Balaban J connectivity index is 1.00. The Morgan fingerprint density at radius 1 is 0.584 bits per heavy atom. The van der Waals surface area contributed by atoms with Gasteiger partial charge in [-0.25, -0.2) is 14.4 Å². The van der Waals surface area contributed by atoms with Crippen molar-refractivity contribution in [1.82, 2.24) is 31.1 Å². The molecule has 12 N–H and O–H groups in total. The number of amides is 4. The van der Waals surface area contributed by atoms with Gasteiger partial charge in [-0.2, -0.15) is 0 Å². The Hall–Kier alpha value is -9.29. The van der Waals surface area contributed by atoms with Gasteiger partial charge >= 0.3 is 35.9 Å². The smallest absolute Gasteiger partial charge is 0.408 e. The van der Waals surface area contributed by atoms with Crippen LogP contribution in [0.1, 0.15) is 105 Å². The van der Waals surface area contributed by atoms with Crippen molar-refractivity contribution in [3.63, 3.8) is 0 Å². The minimum Gasteiger partial charge on any atom is -0.513 e. The molecule has 6 rings (SSSR count). The molecule has 1 saturated carbocycles. The number of carbonyl (C=O) groups excluding carboxylic acids is 4. The SMILES string of the molecule is C=C(O)CCC[C@@H](OC(=O)N[C@@H](CCCCNC(=O)[C@H](Cc1c2ccccc2cc2ccccc12)NC(=O)[C@H]1CC[C@H](CNC(=O)CCc2ccc(O)c(CN(CCN(CC(=O)O)Cc3cc(CCC(=O)O)ccc3O)CC(=O)O)c2)CC1)C(=O)O)C(=O)O. The van der Waals surface area contributed by atoms with Crippen LogP contribution in [0.15, 0.2) is 103 Å². The molecule has 24 heteroatoms. The van der Waals surface area contributed by atoms with Crippen LogP contribution in [-0.2, 0) is 75.4 Å². The van der Waals surface area contributed by atoms with Crippen molar-refractivity contribution >= 4 is 75.2 Å². The number of phenolic OH excluding ortho intramolecular Hbond substituents is 2. The Morgan fingerprint density at radius 2 is 1.15 bits per heavy atom. The number of benzene rings is 5. The lowest BCUT2D eigenvalue weighted by molar-refractivity contribution is -0.147. The molecule has 1 fully saturated rings. The standard InChI is InChI=1S/C65H80N6O18/c1-40(72)9-8-15-56(64(86)87)89-65(88)69-52(63(84)85)14-6-7-28-66-62(83)53(34-51-49-12-4-2-10-45(49)33-46-11-3-5-13-50(46)51)68-61(82)44-22-16-43(17-23-44)35-67-57(75)26-20-41-18-24-54(73)47(31-41)36-70(38-59(78)79)29-30-71(39-60(80)81)37-48-32-42(19-25-55(48)74)21-27-58(76)77/h2-5,10-13,18-19,24-25,31-33,43-44,52-53,56,72-74H,1,6-9,14-17,20-23,26-30,34-39H2,(H,66,83)(H,67,75)(H,68,82)(H,69,88)(H,76,77)(H,78,79)(H,80,81)(H,84,85)(H,86,87)/t43-,44-,52-,53-,56+/m0/s1. The summed E-state index contributed by atoms with van der Waals surface area (Å²) in [4.78, 5) is 116. The van der Waals surface area contributed by atoms with Gasteiger partial charge < -0.3 is 66.9 Å². The summed E-state index contributed by atoms with van der Waals surface area (Å²) >= 11 is 0. The topological polar surface area (TPSA) is 379 Å². The third-order valence-electron chi connectivity index (χ3n) is 15.8. The van der Waals surface area contributed by atoms with Gasteiger partial charge in [0.15, 0.2) is 0 Å². The second-order valence-electron chi connectivity index (χ2n) is 22.6. The van der Waals surface area contributed by atoms with Crippen LogP contribution in [0.2, 0.25) is 0 Å². The molecule has 0 heterocycles. The first-order chi connectivity index (χ1) is 42.5. The molecule has 5 aromatic carbocycles. The number of carboxylic acid groups (broad SMARTS) is 5. The zero-order valence-corrected chi connectivity index (χ0v) is 49.6. The summed E-state index contributed by atoms with van der Waals surface area (Å²) in [7, 11) is 0. The normalized spacial score (nSPS) is 14.9. The molecule has 89 heavy (non-hydrogen) atoms. The number of fused-ring (bicyclic) bond motifs is 2. The Morgan fingerprint density at radius 3 is 1.67 bits per heavy atom. The number of aliphatic hydroxyl groups is 1. The quantitative estimate of drug-likeness (QED) is 0.0113. The summed E-state index contributed by atoms with van der Waals surface area (Å²) in [6.07, 6.45) is 0.585. The van der Waals surface area contributed by atoms with E-state index >= 15 is 0 Å². The van der Waals surface area contributed by atoms with Crippen LogP contribution in [0, 0.1) is 11.8 Å². The minimum atomic E-state index is -1.58. The molecule has 1 aliphatic carbocycles. The van der Waals surface area contributed by atoms with E-state index in [1.807, 2.05) is 48.5 Å². The molecule has 5 aromatic rings. The molecule has 0 radical (unpaired) electrons. The van der Waals surface area contributed by atoms with Crippen molar-refractivity contribution in [2.45, 2.75) is 128 Å². The van der Waals surface area contributed by atoms with Crippen LogP contribution in [0.4, 0.5) is 4.79 Å². The zero-order valence-electron chi connectivity index (χ0n) is 49.6. The minimum absolute atomic E-state index is 0.0248. The monoisotopic (exact) mass is 1230 g/mol. The van der Waals surface area contributed by atoms with Crippen molar-refractivity contribution in [2.24, 2.45) is 11.8 Å². The van der Waals surface area contributed by atoms with Crippen LogP contribution in [0.3, 0.4) is 0 Å². The molecule has 0 aromatic heterocycles. The van der Waals surface area contributed by atoms with Gasteiger partial charge in [0.1, 0.15) is 23.6 Å². The van der Waals surface area contributed by atoms with Crippen molar-refractivity contribution in [2.75, 3.05) is 39.3 Å². The van der Waals surface area contributed by atoms with Crippen LogP contribution in [-0.4, -0.2) is 162 Å². The number of carbonyl (C=O) groups is 9. The van der Waals surface area contributed by atoms with Gasteiger partial charge in [0.25, 0.3) is 0 Å². The molecular weight excluding hydrogens is 1150 g/mol. The van der Waals surface area contributed by atoms with E-state index in [0.29, 0.717) is 60.9 Å². The molecule has 0 saturated heterocycles. The summed E-state index contributed by atoms with van der Waals surface area (Å²) in [5.41, 5.74) is 2.97. The Bertz CT molecular complexity index is 3270. The van der Waals surface area contributed by atoms with Crippen molar-refractivity contribution in [1.29, 1.82) is 0 Å². The Kier molecular flexibility index (Phi) is 26.5. The lowest BCUT2D eigenvalue weighted by Gasteiger charge is -2.29. The zero-order chi connectivity index (χ0) is 64.6. The number of unbranched alkanes of at least 4 members (excludes halogenated alkanes) is 1. The van der Waals surface area contributed by atoms with Crippen LogP contribution in [0.25, 0.3) is 21.5 Å². The summed E-state index contributed by atoms with van der Waals surface area (Å²) in [5, 5.41) is 93.5. The van der Waals surface area contributed by atoms with Gasteiger partial charge in [-0.3, -0.25) is 38.6 Å². The fourth-order valence-electron chi connectivity index (χ4n) is 11.0. The van der Waals surface area contributed by atoms with E-state index in [0.717, 1.165) is 27.1 Å². The van der Waals surface area contributed by atoms with Crippen LogP contribution in [0.5, 0.6) is 11.5 Å². The number of phenols is 2. The fourth-order valence-corrected chi connectivity index (χ4v) is 11.0. The van der Waals surface area contributed by atoms with E-state index in [1.165, 1.54) is 21.9 Å². The number of aryl methyl sites for hydroxylation is 2. The highest BCUT2D eigenvalue weighted by molar-refractivity contribution is 6.03. The molecule has 4 amide bonds. The van der Waals surface area contributed by atoms with Gasteiger partial charge in [-0.1, -0.05) is 79.4 Å². The number of carboxylic acids is 5. The number of nitrogens with one attached hydrogen (secondary N) is 4. The first-order valence-electron chi connectivity index (χ1n) is 29.8. The third-order valence-corrected chi connectivity index (χ3v) is 15.8. The van der Waals surface area contributed by atoms with Gasteiger partial charge in [-0.15, -0.1) is 0 Å². The number of rotatable bonds is 37. The lowest BCUT2D eigenvalue weighted by atomic mass is 9.81. The molecule has 0 spiro atoms. The van der Waals surface area contributed by atoms with Crippen molar-refractivity contribution in [3.05, 3.63) is 131 Å². The second kappa shape index (κ2) is 34.3. The number of hydrogen-bond donors (Lipinski definition) is 12. The highest BCUT2D eigenvalue weighted by Crippen LogP contribution is 2.32. The maximum atomic E-state index is 14.2. The van der Waals surface area contributed by atoms with E-state index in [-0.39, 0.29) is 132 Å². The Labute approximate surface area is 514 Å². The van der Waals surface area contributed by atoms with Crippen molar-refractivity contribution < 1.29 is 88.7 Å². The first kappa shape index (κ1) is 68.8. The van der Waals surface area contributed by atoms with Crippen molar-refractivity contribution in [3.8, 4) is 11.5 Å². The summed E-state index contributed by atoms with van der Waals surface area (Å²) < 4.78 is 4.97. The highest BCUT2D eigenvalue weighted by Gasteiger charge is 2.32. The molecular formula is C65H80N6O18. The largest absolute Gasteiger partial charge is 0.513 e. The number of aromatic hydroxyl groups is 2. The predicted molar refractivity (Wildman–Crippen MR) is 327 cm³/mol. The van der Waals surface area contributed by atoms with E-state index in [9.17, 15) is 78.9 Å². The van der Waals surface area contributed by atoms with Gasteiger partial charge in [0, 0.05) is 82.0 Å². The number of hydrogen-bond acceptors (Lipinski definition) is 15. The molecule has 0 bridgehead atoms. The van der Waals surface area contributed by atoms with E-state index in [2.05, 4.69) is 33.9 Å². The number of nitrogens with zero attached hydrogens (tertiary/aromatic N) is 2. The maximum absolute atomic E-state index is 14.2. The number of aliphatic carboxylic acids is 5. The van der Waals surface area contributed by atoms with Gasteiger partial charge in [0.2, 0.25) is 23.8 Å². The third kappa shape index (κ3) is 22.7. The van der Waals surface area contributed by atoms with Gasteiger partial charge in [-0.05, 0) is 133 Å². The van der Waals surface area contributed by atoms with E-state index in [1.54, 1.807) is 24.3 Å². The highest BCUT2D eigenvalue weighted by atomic mass is 16.6. The molecule has 0 aliphatic heterocycles. The van der Waals surface area contributed by atoms with Gasteiger partial charge in [0.05, 0.1) is 18.8 Å².